The van der Waals surface area contributed by atoms with E-state index in [0.717, 1.165) is 16.7 Å². The Morgan fingerprint density at radius 2 is 1.55 bits per heavy atom. The molecule has 0 unspecified atom stereocenters. The lowest BCUT2D eigenvalue weighted by Crippen LogP contribution is -2.60. The Kier molecular flexibility index (Phi) is 10.3. The number of esters is 1. The van der Waals surface area contributed by atoms with Gasteiger partial charge in [0.15, 0.2) is 0 Å². The van der Waals surface area contributed by atoms with E-state index in [2.05, 4.69) is 10.6 Å². The molecule has 0 saturated heterocycles. The quantitative estimate of drug-likeness (QED) is 0.459. The van der Waals surface area contributed by atoms with Crippen LogP contribution in [-0.4, -0.2) is 59.6 Å². The number of carbonyl (C=O) groups excluding carboxylic acids is 4. The molecule has 1 heterocycles. The van der Waals surface area contributed by atoms with Gasteiger partial charge in [-0.2, -0.15) is 0 Å². The fourth-order valence-electron chi connectivity index (χ4n) is 4.78. The number of alkyl carbamates (subject to hydrolysis) is 1. The van der Waals surface area contributed by atoms with Gasteiger partial charge in [-0.3, -0.25) is 9.59 Å². The third-order valence-corrected chi connectivity index (χ3v) is 6.62. The van der Waals surface area contributed by atoms with Crippen molar-refractivity contribution in [2.45, 2.75) is 84.2 Å². The van der Waals surface area contributed by atoms with Crippen molar-refractivity contribution in [2.24, 2.45) is 5.92 Å². The summed E-state index contributed by atoms with van der Waals surface area (Å²) < 4.78 is 10.4. The molecular formula is C31H41N3O6. The number of rotatable bonds is 9. The average Bonchev–Trinajstić information content (AvgIpc) is 2.90. The SMILES string of the molecule is COC(=O)[C@H](CC(C)C)NC(=O)[C@@H]1Cc2ccccc2CN1C(=O)[C@@H](Cc1ccccc1)NC(=O)OC(C)(C)C. The predicted molar refractivity (Wildman–Crippen MR) is 151 cm³/mol. The molecule has 3 atom stereocenters. The highest BCUT2D eigenvalue weighted by molar-refractivity contribution is 5.94. The van der Waals surface area contributed by atoms with E-state index in [1.165, 1.54) is 12.0 Å². The number of nitrogens with one attached hydrogen (secondary N) is 2. The smallest absolute Gasteiger partial charge is 0.408 e. The van der Waals surface area contributed by atoms with Crippen LogP contribution >= 0.6 is 0 Å². The monoisotopic (exact) mass is 551 g/mol. The maximum absolute atomic E-state index is 14.2. The lowest BCUT2D eigenvalue weighted by atomic mass is 9.91. The highest BCUT2D eigenvalue weighted by Crippen LogP contribution is 2.25. The van der Waals surface area contributed by atoms with E-state index >= 15 is 0 Å². The Labute approximate surface area is 236 Å². The van der Waals surface area contributed by atoms with Crippen LogP contribution in [0, 0.1) is 5.92 Å². The Morgan fingerprint density at radius 3 is 2.15 bits per heavy atom. The van der Waals surface area contributed by atoms with E-state index < -0.39 is 47.6 Å². The number of benzene rings is 2. The molecule has 0 bridgehead atoms. The number of hydrogen-bond acceptors (Lipinski definition) is 6. The fourth-order valence-corrected chi connectivity index (χ4v) is 4.78. The average molecular weight is 552 g/mol. The van der Waals surface area contributed by atoms with Crippen LogP contribution in [0.1, 0.15) is 57.7 Å². The van der Waals surface area contributed by atoms with Crippen LogP contribution in [0.4, 0.5) is 4.79 Å². The van der Waals surface area contributed by atoms with Crippen molar-refractivity contribution in [1.29, 1.82) is 0 Å². The maximum atomic E-state index is 14.2. The van der Waals surface area contributed by atoms with Crippen molar-refractivity contribution >= 4 is 23.9 Å². The molecule has 0 fully saturated rings. The zero-order chi connectivity index (χ0) is 29.4. The number of methoxy groups -OCH3 is 1. The Bertz CT molecular complexity index is 1190. The van der Waals surface area contributed by atoms with Gasteiger partial charge in [-0.05, 0) is 49.8 Å². The number of fused-ring (bicyclic) bond motifs is 1. The van der Waals surface area contributed by atoms with Crippen molar-refractivity contribution in [3.05, 3.63) is 71.3 Å². The first-order chi connectivity index (χ1) is 18.9. The highest BCUT2D eigenvalue weighted by Gasteiger charge is 2.39. The van der Waals surface area contributed by atoms with Crippen molar-refractivity contribution in [1.82, 2.24) is 15.5 Å². The van der Waals surface area contributed by atoms with E-state index in [1.54, 1.807) is 20.8 Å². The second-order valence-electron chi connectivity index (χ2n) is 11.6. The zero-order valence-corrected chi connectivity index (χ0v) is 24.2. The lowest BCUT2D eigenvalue weighted by molar-refractivity contribution is -0.148. The first-order valence-electron chi connectivity index (χ1n) is 13.7. The third kappa shape index (κ3) is 8.56. The summed E-state index contributed by atoms with van der Waals surface area (Å²) in [7, 11) is 1.28. The van der Waals surface area contributed by atoms with Crippen LogP contribution in [0.2, 0.25) is 0 Å². The number of ether oxygens (including phenoxy) is 2. The largest absolute Gasteiger partial charge is 0.467 e. The van der Waals surface area contributed by atoms with E-state index in [0.29, 0.717) is 6.42 Å². The van der Waals surface area contributed by atoms with Crippen molar-refractivity contribution < 1.29 is 28.7 Å². The van der Waals surface area contributed by atoms with Crippen LogP contribution in [0.25, 0.3) is 0 Å². The molecule has 216 valence electrons. The lowest BCUT2D eigenvalue weighted by Gasteiger charge is -2.38. The van der Waals surface area contributed by atoms with Gasteiger partial charge in [-0.25, -0.2) is 9.59 Å². The molecule has 3 amide bonds. The predicted octanol–water partition coefficient (Wildman–Crippen LogP) is 3.78. The summed E-state index contributed by atoms with van der Waals surface area (Å²) in [5, 5.41) is 5.56. The summed E-state index contributed by atoms with van der Waals surface area (Å²) in [5.41, 5.74) is 1.96. The first kappa shape index (κ1) is 30.7. The van der Waals surface area contributed by atoms with Crippen LogP contribution < -0.4 is 10.6 Å². The summed E-state index contributed by atoms with van der Waals surface area (Å²) in [6.07, 6.45) is 0.159. The molecule has 0 saturated carbocycles. The summed E-state index contributed by atoms with van der Waals surface area (Å²) in [6, 6.07) is 14.3. The minimum atomic E-state index is -0.982. The van der Waals surface area contributed by atoms with Gasteiger partial charge in [0.2, 0.25) is 11.8 Å². The summed E-state index contributed by atoms with van der Waals surface area (Å²) in [4.78, 5) is 54.6. The zero-order valence-electron chi connectivity index (χ0n) is 24.2. The van der Waals surface area contributed by atoms with E-state index in [1.807, 2.05) is 68.4 Å². The van der Waals surface area contributed by atoms with Crippen LogP contribution in [0.5, 0.6) is 0 Å². The minimum absolute atomic E-state index is 0.127. The number of hydrogen-bond donors (Lipinski definition) is 2. The van der Waals surface area contributed by atoms with E-state index in [-0.39, 0.29) is 25.3 Å². The number of nitrogens with zero attached hydrogens (tertiary/aromatic N) is 1. The first-order valence-corrected chi connectivity index (χ1v) is 13.7. The van der Waals surface area contributed by atoms with Gasteiger partial charge in [0, 0.05) is 19.4 Å². The molecule has 1 aliphatic heterocycles. The second-order valence-corrected chi connectivity index (χ2v) is 11.6. The maximum Gasteiger partial charge on any atom is 0.408 e. The Hall–Kier alpha value is -3.88. The Balaban J connectivity index is 1.94. The topological polar surface area (TPSA) is 114 Å². The molecule has 0 radical (unpaired) electrons. The molecule has 0 aliphatic carbocycles. The summed E-state index contributed by atoms with van der Waals surface area (Å²) in [5.74, 6) is -1.27. The van der Waals surface area contributed by atoms with Crippen molar-refractivity contribution in [2.75, 3.05) is 7.11 Å². The van der Waals surface area contributed by atoms with E-state index in [9.17, 15) is 19.2 Å². The highest BCUT2D eigenvalue weighted by atomic mass is 16.6. The molecule has 3 rings (SSSR count). The summed E-state index contributed by atoms with van der Waals surface area (Å²) >= 11 is 0. The molecule has 2 aromatic rings. The Morgan fingerprint density at radius 1 is 0.925 bits per heavy atom. The molecule has 9 heteroatoms. The van der Waals surface area contributed by atoms with Gasteiger partial charge in [0.05, 0.1) is 7.11 Å². The van der Waals surface area contributed by atoms with Gasteiger partial charge in [-0.1, -0.05) is 68.4 Å². The molecule has 40 heavy (non-hydrogen) atoms. The molecule has 9 nitrogen and oxygen atoms in total. The van der Waals surface area contributed by atoms with Gasteiger partial charge >= 0.3 is 12.1 Å². The van der Waals surface area contributed by atoms with E-state index in [4.69, 9.17) is 9.47 Å². The van der Waals surface area contributed by atoms with Gasteiger partial charge in [0.1, 0.15) is 23.7 Å². The molecule has 2 aromatic carbocycles. The fraction of sp³-hybridized carbons (Fsp3) is 0.484. The second kappa shape index (κ2) is 13.5. The molecule has 0 aromatic heterocycles. The van der Waals surface area contributed by atoms with Gasteiger partial charge in [-0.15, -0.1) is 0 Å². The van der Waals surface area contributed by atoms with Crippen LogP contribution in [0.3, 0.4) is 0 Å². The van der Waals surface area contributed by atoms with Crippen LogP contribution in [-0.2, 0) is 43.2 Å². The molecular weight excluding hydrogens is 510 g/mol. The number of amides is 3. The van der Waals surface area contributed by atoms with Crippen molar-refractivity contribution in [3.63, 3.8) is 0 Å². The standard InChI is InChI=1S/C31H41N3O6/c1-20(2)16-25(29(37)39-6)32-27(35)26-18-22-14-10-11-15-23(22)19-34(26)28(36)24(17-21-12-8-7-9-13-21)33-30(38)40-31(3,4)5/h7-15,20,24-26H,16-19H2,1-6H3,(H,32,35)(H,33,38)/t24-,25+,26+/m1/s1. The molecule has 1 aliphatic rings. The third-order valence-electron chi connectivity index (χ3n) is 6.62. The van der Waals surface area contributed by atoms with Crippen molar-refractivity contribution in [3.8, 4) is 0 Å². The van der Waals surface area contributed by atoms with Gasteiger partial charge in [0.25, 0.3) is 0 Å². The normalized spacial score (nSPS) is 16.4. The summed E-state index contributed by atoms with van der Waals surface area (Å²) in [6.45, 7) is 9.32. The molecule has 0 spiro atoms. The molecule has 2 N–H and O–H groups in total. The van der Waals surface area contributed by atoms with Gasteiger partial charge < -0.3 is 25.0 Å². The number of carbonyl (C=O) groups is 4. The minimum Gasteiger partial charge on any atom is -0.467 e. The van der Waals surface area contributed by atoms with Crippen LogP contribution in [0.15, 0.2) is 54.6 Å².